The van der Waals surface area contributed by atoms with Gasteiger partial charge in [-0.15, -0.1) is 0 Å². The van der Waals surface area contributed by atoms with Crippen LogP contribution in [0.3, 0.4) is 0 Å². The Balaban J connectivity index is 1.85. The van der Waals surface area contributed by atoms with E-state index in [0.29, 0.717) is 11.8 Å². The summed E-state index contributed by atoms with van der Waals surface area (Å²) in [6.45, 7) is 9.65. The molecule has 0 amide bonds. The van der Waals surface area contributed by atoms with Crippen molar-refractivity contribution in [2.45, 2.75) is 56.8 Å². The van der Waals surface area contributed by atoms with E-state index in [9.17, 15) is 0 Å². The summed E-state index contributed by atoms with van der Waals surface area (Å²) in [6.07, 6.45) is 4.91. The van der Waals surface area contributed by atoms with Crippen LogP contribution in [0.25, 0.3) is 12.2 Å². The second kappa shape index (κ2) is 6.24. The van der Waals surface area contributed by atoms with Crippen molar-refractivity contribution in [3.8, 4) is 0 Å². The molecule has 2 aromatic carbocycles. The van der Waals surface area contributed by atoms with Gasteiger partial charge in [-0.05, 0) is 0 Å². The summed E-state index contributed by atoms with van der Waals surface area (Å²) in [5.41, 5.74) is 9.21. The van der Waals surface area contributed by atoms with Crippen LogP contribution in [0.5, 0.6) is 0 Å². The minimum absolute atomic E-state index is 0.141. The Hall–Kier alpha value is -1.54. The van der Waals surface area contributed by atoms with Crippen molar-refractivity contribution in [1.29, 1.82) is 0 Å². The molecule has 0 aliphatic heterocycles. The molecule has 140 valence electrons. The van der Waals surface area contributed by atoms with E-state index in [-0.39, 0.29) is 5.41 Å². The van der Waals surface area contributed by atoms with E-state index in [0.717, 1.165) is 0 Å². The summed E-state index contributed by atoms with van der Waals surface area (Å²) in [7, 11) is 0. The molecule has 0 nitrogen and oxygen atoms in total. The van der Waals surface area contributed by atoms with E-state index in [1.807, 2.05) is 0 Å². The molecule has 27 heavy (non-hydrogen) atoms. The fourth-order valence-corrected chi connectivity index (χ4v) is 9.23. The molecule has 2 atom stereocenters. The van der Waals surface area contributed by atoms with Gasteiger partial charge < -0.3 is 0 Å². The number of hydrogen-bond donors (Lipinski definition) is 0. The molecule has 0 N–H and O–H groups in total. The van der Waals surface area contributed by atoms with E-state index < -0.39 is 13.3 Å². The van der Waals surface area contributed by atoms with Gasteiger partial charge in [-0.3, -0.25) is 0 Å². The Kier molecular flexibility index (Phi) is 4.35. The van der Waals surface area contributed by atoms with E-state index in [4.69, 9.17) is 0 Å². The molecule has 0 saturated heterocycles. The van der Waals surface area contributed by atoms with Gasteiger partial charge in [0, 0.05) is 0 Å². The first-order valence-corrected chi connectivity index (χ1v) is 17.6. The van der Waals surface area contributed by atoms with Gasteiger partial charge in [0.05, 0.1) is 0 Å². The van der Waals surface area contributed by atoms with E-state index >= 15 is 0 Å². The first-order chi connectivity index (χ1) is 12.6. The topological polar surface area (TPSA) is 0 Å². The summed E-state index contributed by atoms with van der Waals surface area (Å²) in [6, 6.07) is 16.1. The molecule has 2 aliphatic rings. The molecule has 0 bridgehead atoms. The Morgan fingerprint density at radius 1 is 0.741 bits per heavy atom. The number of hydrogen-bond acceptors (Lipinski definition) is 0. The zero-order chi connectivity index (χ0) is 19.6. The second-order valence-corrected chi connectivity index (χ2v) is 20.7. The minimum atomic E-state index is -1.90. The first-order valence-electron chi connectivity index (χ1n) is 10.2. The predicted octanol–water partition coefficient (Wildman–Crippen LogP) is 6.96. The Morgan fingerprint density at radius 2 is 1.33 bits per heavy atom. The number of rotatable bonds is 3. The third-order valence-electron chi connectivity index (χ3n) is 6.72. The molecule has 0 spiro atoms. The standard InChI is InChI=1S/C26H32Ge/c1-17-15-19-11-8-9-12-20(19)24(17)26(3,4)25-18(2)16-22-21(25)13-10-14-23(22)27(5,6)7/h8-16,24-25H,1-7H3. The van der Waals surface area contributed by atoms with Crippen molar-refractivity contribution >= 4 is 29.8 Å². The zero-order valence-electron chi connectivity index (χ0n) is 17.9. The molecule has 0 fully saturated rings. The maximum absolute atomic E-state index is 2.51. The normalized spacial score (nSPS) is 21.6. The molecule has 4 rings (SSSR count). The van der Waals surface area contributed by atoms with Crippen LogP contribution in [0.4, 0.5) is 0 Å². The number of fused-ring (bicyclic) bond motifs is 2. The van der Waals surface area contributed by atoms with E-state index in [1.54, 1.807) is 15.5 Å². The molecule has 2 unspecified atom stereocenters. The maximum atomic E-state index is 2.51. The summed E-state index contributed by atoms with van der Waals surface area (Å²) >= 11 is -1.90. The van der Waals surface area contributed by atoms with Crippen molar-refractivity contribution in [1.82, 2.24) is 0 Å². The summed E-state index contributed by atoms with van der Waals surface area (Å²) in [5.74, 6) is 8.50. The second-order valence-electron chi connectivity index (χ2n) is 10.2. The summed E-state index contributed by atoms with van der Waals surface area (Å²) in [4.78, 5) is 0. The zero-order valence-corrected chi connectivity index (χ0v) is 19.9. The molecule has 2 aliphatic carbocycles. The predicted molar refractivity (Wildman–Crippen MR) is 122 cm³/mol. The van der Waals surface area contributed by atoms with Crippen LogP contribution in [-0.4, -0.2) is 13.3 Å². The number of allylic oxidation sites excluding steroid dienone is 2. The average molecular weight is 417 g/mol. The van der Waals surface area contributed by atoms with Crippen molar-refractivity contribution in [3.63, 3.8) is 0 Å². The third-order valence-corrected chi connectivity index (χ3v) is 11.0. The van der Waals surface area contributed by atoms with Crippen molar-refractivity contribution < 1.29 is 0 Å². The molecule has 0 saturated carbocycles. The van der Waals surface area contributed by atoms with Crippen LogP contribution in [-0.2, 0) is 0 Å². The molecular formula is C26H32Ge. The van der Waals surface area contributed by atoms with Crippen LogP contribution in [0, 0.1) is 5.41 Å². The van der Waals surface area contributed by atoms with Crippen LogP contribution in [0.15, 0.2) is 53.6 Å². The van der Waals surface area contributed by atoms with E-state index in [2.05, 4.69) is 99.6 Å². The van der Waals surface area contributed by atoms with Gasteiger partial charge in [-0.1, -0.05) is 0 Å². The van der Waals surface area contributed by atoms with Gasteiger partial charge >= 0.3 is 168 Å². The van der Waals surface area contributed by atoms with Gasteiger partial charge in [-0.25, -0.2) is 0 Å². The monoisotopic (exact) mass is 418 g/mol. The van der Waals surface area contributed by atoms with Crippen molar-refractivity contribution in [3.05, 3.63) is 75.9 Å². The molecule has 1 heteroatoms. The summed E-state index contributed by atoms with van der Waals surface area (Å²) in [5, 5.41) is 0. The van der Waals surface area contributed by atoms with Crippen LogP contribution < -0.4 is 4.40 Å². The van der Waals surface area contributed by atoms with Crippen molar-refractivity contribution in [2.24, 2.45) is 5.41 Å². The number of benzene rings is 2. The van der Waals surface area contributed by atoms with Gasteiger partial charge in [0.25, 0.3) is 0 Å². The Morgan fingerprint density at radius 3 is 2.04 bits per heavy atom. The third kappa shape index (κ3) is 2.88. The molecule has 0 heterocycles. The molecule has 2 aromatic rings. The van der Waals surface area contributed by atoms with Crippen molar-refractivity contribution in [2.75, 3.05) is 0 Å². The van der Waals surface area contributed by atoms with Crippen LogP contribution in [0.1, 0.15) is 61.8 Å². The van der Waals surface area contributed by atoms with E-state index in [1.165, 1.54) is 22.3 Å². The Bertz CT molecular complexity index is 966. The average Bonchev–Trinajstić information content (AvgIpc) is 3.09. The first kappa shape index (κ1) is 18.8. The quantitative estimate of drug-likeness (QED) is 0.474. The SMILES string of the molecule is CC1=Cc2ccccc2C1C(C)(C)C1C(C)=Cc2c1ccc[c]2[Ge]([CH3])([CH3])[CH3]. The Labute approximate surface area is 167 Å². The van der Waals surface area contributed by atoms with Gasteiger partial charge in [0.15, 0.2) is 0 Å². The van der Waals surface area contributed by atoms with Crippen LogP contribution >= 0.6 is 0 Å². The van der Waals surface area contributed by atoms with Gasteiger partial charge in [0.1, 0.15) is 0 Å². The fraction of sp³-hybridized carbons (Fsp3) is 0.385. The molecule has 0 aromatic heterocycles. The fourth-order valence-electron chi connectivity index (χ4n) is 5.83. The van der Waals surface area contributed by atoms with Crippen LogP contribution in [0.2, 0.25) is 17.3 Å². The molecular weight excluding hydrogens is 385 g/mol. The van der Waals surface area contributed by atoms with Gasteiger partial charge in [0.2, 0.25) is 0 Å². The van der Waals surface area contributed by atoms with Gasteiger partial charge in [-0.2, -0.15) is 0 Å². The summed E-state index contributed by atoms with van der Waals surface area (Å²) < 4.78 is 1.66. The molecule has 0 radical (unpaired) electrons.